The van der Waals surface area contributed by atoms with Gasteiger partial charge in [0.2, 0.25) is 0 Å². The van der Waals surface area contributed by atoms with Crippen LogP contribution in [-0.4, -0.2) is 11.8 Å². The normalized spacial score (nSPS) is 20.8. The SMILES string of the molecule is N=C(N)C(F)(F)C1CCCCC1. The molecule has 1 saturated carbocycles. The summed E-state index contributed by atoms with van der Waals surface area (Å²) in [6.07, 6.45) is 3.73. The van der Waals surface area contributed by atoms with Crippen molar-refractivity contribution >= 4 is 5.84 Å². The Morgan fingerprint density at radius 3 is 2.17 bits per heavy atom. The summed E-state index contributed by atoms with van der Waals surface area (Å²) in [5, 5.41) is 6.76. The largest absolute Gasteiger partial charge is 0.383 e. The molecule has 0 bridgehead atoms. The summed E-state index contributed by atoms with van der Waals surface area (Å²) in [4.78, 5) is 0. The number of halogens is 2. The molecule has 0 aromatic carbocycles. The van der Waals surface area contributed by atoms with Crippen LogP contribution in [0, 0.1) is 11.3 Å². The second-order valence-corrected chi connectivity index (χ2v) is 3.37. The molecule has 0 spiro atoms. The Bertz CT molecular complexity index is 174. The maximum Gasteiger partial charge on any atom is 0.306 e. The zero-order valence-corrected chi connectivity index (χ0v) is 6.95. The highest BCUT2D eigenvalue weighted by atomic mass is 19.3. The van der Waals surface area contributed by atoms with E-state index in [-0.39, 0.29) is 0 Å². The van der Waals surface area contributed by atoms with Crippen molar-refractivity contribution < 1.29 is 8.78 Å². The first-order valence-corrected chi connectivity index (χ1v) is 4.27. The van der Waals surface area contributed by atoms with Gasteiger partial charge in [0.1, 0.15) is 0 Å². The number of hydrogen-bond acceptors (Lipinski definition) is 1. The smallest absolute Gasteiger partial charge is 0.306 e. The Hall–Kier alpha value is -0.670. The molecule has 0 saturated heterocycles. The van der Waals surface area contributed by atoms with Crippen molar-refractivity contribution in [1.82, 2.24) is 0 Å². The summed E-state index contributed by atoms with van der Waals surface area (Å²) in [7, 11) is 0. The molecule has 1 aliphatic rings. The van der Waals surface area contributed by atoms with E-state index in [9.17, 15) is 8.78 Å². The van der Waals surface area contributed by atoms with Gasteiger partial charge in [0.25, 0.3) is 0 Å². The fourth-order valence-electron chi connectivity index (χ4n) is 1.69. The Morgan fingerprint density at radius 1 is 1.25 bits per heavy atom. The molecule has 0 atom stereocenters. The lowest BCUT2D eigenvalue weighted by Gasteiger charge is -2.28. The fraction of sp³-hybridized carbons (Fsp3) is 0.875. The van der Waals surface area contributed by atoms with Crippen LogP contribution >= 0.6 is 0 Å². The molecule has 1 rings (SSSR count). The predicted molar refractivity (Wildman–Crippen MR) is 43.4 cm³/mol. The molecule has 0 aliphatic heterocycles. The van der Waals surface area contributed by atoms with Crippen molar-refractivity contribution in [2.75, 3.05) is 0 Å². The minimum absolute atomic E-state index is 0.507. The number of amidine groups is 1. The van der Waals surface area contributed by atoms with Crippen LogP contribution in [-0.2, 0) is 0 Å². The van der Waals surface area contributed by atoms with Gasteiger partial charge in [-0.15, -0.1) is 0 Å². The lowest BCUT2D eigenvalue weighted by molar-refractivity contribution is -0.00633. The summed E-state index contributed by atoms with van der Waals surface area (Å²) in [6.45, 7) is 0. The Labute approximate surface area is 70.6 Å². The molecular formula is C8H14F2N2. The van der Waals surface area contributed by atoms with E-state index in [0.29, 0.717) is 12.8 Å². The van der Waals surface area contributed by atoms with Gasteiger partial charge in [0.05, 0.1) is 0 Å². The summed E-state index contributed by atoms with van der Waals surface area (Å²) in [5.74, 6) is -4.74. The van der Waals surface area contributed by atoms with Crippen LogP contribution in [0.15, 0.2) is 0 Å². The van der Waals surface area contributed by atoms with Gasteiger partial charge < -0.3 is 5.73 Å². The van der Waals surface area contributed by atoms with E-state index < -0.39 is 17.7 Å². The van der Waals surface area contributed by atoms with Crippen molar-refractivity contribution in [2.45, 2.75) is 38.0 Å². The first-order valence-electron chi connectivity index (χ1n) is 4.27. The highest BCUT2D eigenvalue weighted by Gasteiger charge is 2.42. The van der Waals surface area contributed by atoms with E-state index >= 15 is 0 Å². The van der Waals surface area contributed by atoms with Gasteiger partial charge in [0, 0.05) is 5.92 Å². The summed E-state index contributed by atoms with van der Waals surface area (Å²) in [5.41, 5.74) is 4.83. The topological polar surface area (TPSA) is 49.9 Å². The maximum absolute atomic E-state index is 13.1. The number of alkyl halides is 2. The number of nitrogens with one attached hydrogen (secondary N) is 1. The molecule has 0 radical (unpaired) electrons. The molecular weight excluding hydrogens is 162 g/mol. The summed E-state index contributed by atoms with van der Waals surface area (Å²) in [6, 6.07) is 0. The van der Waals surface area contributed by atoms with E-state index in [4.69, 9.17) is 11.1 Å². The van der Waals surface area contributed by atoms with Crippen molar-refractivity contribution in [3.8, 4) is 0 Å². The standard InChI is InChI=1S/C8H14F2N2/c9-8(10,7(11)12)6-4-2-1-3-5-6/h6H,1-5H2,(H3,11,12). The van der Waals surface area contributed by atoms with Gasteiger partial charge in [-0.2, -0.15) is 8.78 Å². The van der Waals surface area contributed by atoms with Gasteiger partial charge >= 0.3 is 5.92 Å². The van der Waals surface area contributed by atoms with Crippen LogP contribution in [0.1, 0.15) is 32.1 Å². The third kappa shape index (κ3) is 1.73. The van der Waals surface area contributed by atoms with Gasteiger partial charge in [-0.25, -0.2) is 0 Å². The third-order valence-corrected chi connectivity index (χ3v) is 2.48. The van der Waals surface area contributed by atoms with Gasteiger partial charge in [-0.3, -0.25) is 5.41 Å². The lowest BCUT2D eigenvalue weighted by atomic mass is 9.84. The molecule has 2 nitrogen and oxygen atoms in total. The predicted octanol–water partition coefficient (Wildman–Crippen LogP) is 2.14. The van der Waals surface area contributed by atoms with E-state index in [0.717, 1.165) is 19.3 Å². The van der Waals surface area contributed by atoms with Crippen molar-refractivity contribution in [1.29, 1.82) is 5.41 Å². The van der Waals surface area contributed by atoms with Crippen LogP contribution < -0.4 is 5.73 Å². The molecule has 70 valence electrons. The molecule has 1 fully saturated rings. The van der Waals surface area contributed by atoms with Crippen LogP contribution in [0.2, 0.25) is 0 Å². The molecule has 1 aliphatic carbocycles. The maximum atomic E-state index is 13.1. The third-order valence-electron chi connectivity index (χ3n) is 2.48. The second-order valence-electron chi connectivity index (χ2n) is 3.37. The van der Waals surface area contributed by atoms with Gasteiger partial charge in [0.15, 0.2) is 5.84 Å². The lowest BCUT2D eigenvalue weighted by Crippen LogP contribution is -2.42. The molecule has 12 heavy (non-hydrogen) atoms. The first kappa shape index (κ1) is 9.42. The second kappa shape index (κ2) is 3.37. The average molecular weight is 176 g/mol. The van der Waals surface area contributed by atoms with E-state index in [2.05, 4.69) is 0 Å². The highest BCUT2D eigenvalue weighted by Crippen LogP contribution is 2.36. The zero-order chi connectivity index (χ0) is 9.19. The molecule has 4 heteroatoms. The van der Waals surface area contributed by atoms with Crippen molar-refractivity contribution in [2.24, 2.45) is 11.7 Å². The number of hydrogen-bond donors (Lipinski definition) is 2. The molecule has 0 unspecified atom stereocenters. The number of nitrogens with two attached hydrogens (primary N) is 1. The van der Waals surface area contributed by atoms with E-state index in [1.807, 2.05) is 0 Å². The van der Waals surface area contributed by atoms with Crippen LogP contribution in [0.3, 0.4) is 0 Å². The highest BCUT2D eigenvalue weighted by molar-refractivity contribution is 5.84. The summed E-state index contributed by atoms with van der Waals surface area (Å²) >= 11 is 0. The van der Waals surface area contributed by atoms with E-state index in [1.54, 1.807) is 0 Å². The Kier molecular flexibility index (Phi) is 2.65. The van der Waals surface area contributed by atoms with E-state index in [1.165, 1.54) is 0 Å². The van der Waals surface area contributed by atoms with Crippen LogP contribution in [0.25, 0.3) is 0 Å². The molecule has 0 heterocycles. The van der Waals surface area contributed by atoms with Crippen molar-refractivity contribution in [3.05, 3.63) is 0 Å². The molecule has 0 amide bonds. The molecule has 0 aromatic rings. The Balaban J connectivity index is 2.59. The monoisotopic (exact) mass is 176 g/mol. The quantitative estimate of drug-likeness (QED) is 0.491. The molecule has 0 aromatic heterocycles. The Morgan fingerprint density at radius 2 is 1.75 bits per heavy atom. The fourth-order valence-corrected chi connectivity index (χ4v) is 1.69. The average Bonchev–Trinajstić information content (AvgIpc) is 2.06. The number of rotatable bonds is 2. The zero-order valence-electron chi connectivity index (χ0n) is 6.95. The van der Waals surface area contributed by atoms with Crippen LogP contribution in [0.5, 0.6) is 0 Å². The van der Waals surface area contributed by atoms with Crippen molar-refractivity contribution in [3.63, 3.8) is 0 Å². The summed E-state index contributed by atoms with van der Waals surface area (Å²) < 4.78 is 26.2. The minimum atomic E-state index is -3.07. The molecule has 3 N–H and O–H groups in total. The van der Waals surface area contributed by atoms with Gasteiger partial charge in [-0.1, -0.05) is 19.3 Å². The minimum Gasteiger partial charge on any atom is -0.383 e. The van der Waals surface area contributed by atoms with Gasteiger partial charge in [-0.05, 0) is 12.8 Å². The first-order chi connectivity index (χ1) is 5.55. The van der Waals surface area contributed by atoms with Crippen LogP contribution in [0.4, 0.5) is 8.78 Å².